The van der Waals surface area contributed by atoms with Gasteiger partial charge in [0, 0.05) is 36.2 Å². The van der Waals surface area contributed by atoms with Crippen LogP contribution in [0.25, 0.3) is 0 Å². The van der Waals surface area contributed by atoms with E-state index in [0.717, 1.165) is 39.4 Å². The van der Waals surface area contributed by atoms with E-state index in [0.29, 0.717) is 38.5 Å². The number of anilines is 1. The van der Waals surface area contributed by atoms with Gasteiger partial charge < -0.3 is 20.1 Å². The second-order valence-corrected chi connectivity index (χ2v) is 8.47. The molecular formula is C23H29N5O3. The van der Waals surface area contributed by atoms with Gasteiger partial charge in [-0.3, -0.25) is 9.79 Å². The average molecular weight is 424 g/mol. The Bertz CT molecular complexity index is 1050. The predicted molar refractivity (Wildman–Crippen MR) is 119 cm³/mol. The maximum Gasteiger partial charge on any atom is 0.225 e. The Morgan fingerprint density at radius 1 is 1.26 bits per heavy atom. The van der Waals surface area contributed by atoms with Crippen LogP contribution in [0.2, 0.25) is 0 Å². The van der Waals surface area contributed by atoms with E-state index in [9.17, 15) is 4.79 Å². The lowest BCUT2D eigenvalue weighted by atomic mass is 9.82. The summed E-state index contributed by atoms with van der Waals surface area (Å²) in [6, 6.07) is 3.96. The highest BCUT2D eigenvalue weighted by molar-refractivity contribution is 6.15. The van der Waals surface area contributed by atoms with Crippen molar-refractivity contribution in [1.29, 1.82) is 0 Å². The van der Waals surface area contributed by atoms with Crippen LogP contribution in [0.1, 0.15) is 41.3 Å². The average Bonchev–Trinajstić information content (AvgIpc) is 2.75. The molecule has 164 valence electrons. The van der Waals surface area contributed by atoms with Crippen molar-refractivity contribution in [1.82, 2.24) is 14.9 Å². The fourth-order valence-corrected chi connectivity index (χ4v) is 4.49. The van der Waals surface area contributed by atoms with Crippen LogP contribution in [0.4, 0.5) is 5.82 Å². The number of carbonyl (C=O) groups excluding carboxylic acids is 1. The van der Waals surface area contributed by atoms with E-state index in [4.69, 9.17) is 20.2 Å². The first-order chi connectivity index (χ1) is 14.8. The molecule has 31 heavy (non-hydrogen) atoms. The van der Waals surface area contributed by atoms with Crippen molar-refractivity contribution in [3.05, 3.63) is 46.4 Å². The van der Waals surface area contributed by atoms with Gasteiger partial charge >= 0.3 is 0 Å². The third kappa shape index (κ3) is 3.99. The number of hydrogen-bond acceptors (Lipinski definition) is 7. The molecule has 4 rings (SSSR count). The molecule has 2 N–H and O–H groups in total. The van der Waals surface area contributed by atoms with Crippen LogP contribution in [0.15, 0.2) is 23.5 Å². The highest BCUT2D eigenvalue weighted by Gasteiger charge is 2.38. The van der Waals surface area contributed by atoms with Crippen molar-refractivity contribution in [2.45, 2.75) is 39.2 Å². The van der Waals surface area contributed by atoms with Crippen molar-refractivity contribution in [2.24, 2.45) is 4.99 Å². The Kier molecular flexibility index (Phi) is 5.66. The molecule has 1 fully saturated rings. The van der Waals surface area contributed by atoms with Gasteiger partial charge in [0.05, 0.1) is 43.7 Å². The van der Waals surface area contributed by atoms with Gasteiger partial charge in [0.2, 0.25) is 5.91 Å². The summed E-state index contributed by atoms with van der Waals surface area (Å²) >= 11 is 0. The van der Waals surface area contributed by atoms with E-state index < -0.39 is 5.54 Å². The summed E-state index contributed by atoms with van der Waals surface area (Å²) in [7, 11) is 1.66. The van der Waals surface area contributed by atoms with Crippen molar-refractivity contribution < 1.29 is 14.3 Å². The number of aromatic nitrogens is 2. The van der Waals surface area contributed by atoms with Crippen LogP contribution in [0.5, 0.6) is 5.75 Å². The van der Waals surface area contributed by atoms with Crippen molar-refractivity contribution in [3.63, 3.8) is 0 Å². The number of benzene rings is 1. The van der Waals surface area contributed by atoms with E-state index in [1.54, 1.807) is 7.11 Å². The van der Waals surface area contributed by atoms with Crippen molar-refractivity contribution in [3.8, 4) is 5.75 Å². The fourth-order valence-electron chi connectivity index (χ4n) is 4.49. The topological polar surface area (TPSA) is 103 Å². The number of methoxy groups -OCH3 is 1. The largest absolute Gasteiger partial charge is 0.496 e. The Balaban J connectivity index is 1.81. The van der Waals surface area contributed by atoms with Gasteiger partial charge in [0.1, 0.15) is 17.9 Å². The molecule has 2 aliphatic rings. The second-order valence-electron chi connectivity index (χ2n) is 8.47. The molecule has 1 unspecified atom stereocenters. The van der Waals surface area contributed by atoms with Gasteiger partial charge in [-0.25, -0.2) is 9.97 Å². The van der Waals surface area contributed by atoms with Gasteiger partial charge in [-0.2, -0.15) is 0 Å². The summed E-state index contributed by atoms with van der Waals surface area (Å²) in [6.45, 7) is 8.43. The van der Waals surface area contributed by atoms with E-state index in [1.165, 1.54) is 6.33 Å². The summed E-state index contributed by atoms with van der Waals surface area (Å²) in [6.07, 6.45) is 2.26. The van der Waals surface area contributed by atoms with Gasteiger partial charge in [0.15, 0.2) is 0 Å². The number of aryl methyl sites for hydroxylation is 1. The minimum Gasteiger partial charge on any atom is -0.496 e. The molecule has 1 atom stereocenters. The highest BCUT2D eigenvalue weighted by Crippen LogP contribution is 2.36. The number of ether oxygens (including phenoxy) is 2. The quantitative estimate of drug-likeness (QED) is 0.808. The van der Waals surface area contributed by atoms with E-state index in [-0.39, 0.29) is 12.3 Å². The SMILES string of the molecule is COc1ccc(C)c(C2=NC(C)(CC(=O)N3CCOCC3)Cc3c(N)ncnc32)c1C. The van der Waals surface area contributed by atoms with Crippen LogP contribution < -0.4 is 10.5 Å². The molecule has 8 heteroatoms. The van der Waals surface area contributed by atoms with Crippen LogP contribution in [0.3, 0.4) is 0 Å². The van der Waals surface area contributed by atoms with Crippen LogP contribution in [0, 0.1) is 13.8 Å². The predicted octanol–water partition coefficient (Wildman–Crippen LogP) is 2.09. The Hall–Kier alpha value is -3.00. The molecule has 3 heterocycles. The molecule has 0 bridgehead atoms. The number of nitrogens with two attached hydrogens (primary N) is 1. The first-order valence-corrected chi connectivity index (χ1v) is 10.5. The van der Waals surface area contributed by atoms with Gasteiger partial charge in [0.25, 0.3) is 0 Å². The van der Waals surface area contributed by atoms with Crippen molar-refractivity contribution >= 4 is 17.4 Å². The summed E-state index contributed by atoms with van der Waals surface area (Å²) in [4.78, 5) is 28.8. The number of aliphatic imine (C=N–C) groups is 1. The molecule has 2 aromatic rings. The number of carbonyl (C=O) groups is 1. The molecule has 0 aliphatic carbocycles. The first-order valence-electron chi connectivity index (χ1n) is 10.5. The minimum absolute atomic E-state index is 0.0758. The summed E-state index contributed by atoms with van der Waals surface area (Å²) in [5, 5.41) is 0. The fraction of sp³-hybridized carbons (Fsp3) is 0.478. The second kappa shape index (κ2) is 8.26. The molecule has 0 radical (unpaired) electrons. The third-order valence-corrected chi connectivity index (χ3v) is 6.12. The number of fused-ring (bicyclic) bond motifs is 1. The maximum absolute atomic E-state index is 13.1. The highest BCUT2D eigenvalue weighted by atomic mass is 16.5. The molecule has 0 saturated carbocycles. The van der Waals surface area contributed by atoms with Gasteiger partial charge in [-0.15, -0.1) is 0 Å². The molecular weight excluding hydrogens is 394 g/mol. The number of hydrogen-bond donors (Lipinski definition) is 1. The lowest BCUT2D eigenvalue weighted by Crippen LogP contribution is -2.45. The summed E-state index contributed by atoms with van der Waals surface area (Å²) in [5.41, 5.74) is 10.9. The number of nitrogens with zero attached hydrogens (tertiary/aromatic N) is 4. The zero-order valence-corrected chi connectivity index (χ0v) is 18.6. The molecule has 2 aliphatic heterocycles. The lowest BCUT2D eigenvalue weighted by Gasteiger charge is -2.35. The molecule has 1 saturated heterocycles. The number of morpholine rings is 1. The summed E-state index contributed by atoms with van der Waals surface area (Å²) < 4.78 is 10.9. The van der Waals surface area contributed by atoms with E-state index in [2.05, 4.69) is 9.97 Å². The standard InChI is InChI=1S/C23H29N5O3/c1-14-5-6-17(30-4)15(2)19(14)21-20-16(22(24)26-13-25-20)11-23(3,27-21)12-18(29)28-7-9-31-10-8-28/h5-6,13H,7-12H2,1-4H3,(H2,24,25,26). The molecule has 1 amide bonds. The molecule has 1 aromatic heterocycles. The Labute approximate surface area is 182 Å². The summed E-state index contributed by atoms with van der Waals surface area (Å²) in [5.74, 6) is 1.29. The molecule has 1 aromatic carbocycles. The van der Waals surface area contributed by atoms with Crippen LogP contribution >= 0.6 is 0 Å². The maximum atomic E-state index is 13.1. The van der Waals surface area contributed by atoms with Gasteiger partial charge in [-0.1, -0.05) is 6.07 Å². The zero-order chi connectivity index (χ0) is 22.2. The van der Waals surface area contributed by atoms with Gasteiger partial charge in [-0.05, 0) is 32.4 Å². The van der Waals surface area contributed by atoms with Crippen LogP contribution in [-0.4, -0.2) is 65.4 Å². The third-order valence-electron chi connectivity index (χ3n) is 6.12. The minimum atomic E-state index is -0.654. The lowest BCUT2D eigenvalue weighted by molar-refractivity contribution is -0.136. The number of amides is 1. The smallest absolute Gasteiger partial charge is 0.225 e. The monoisotopic (exact) mass is 423 g/mol. The number of rotatable bonds is 4. The van der Waals surface area contributed by atoms with E-state index >= 15 is 0 Å². The van der Waals surface area contributed by atoms with Crippen LogP contribution in [-0.2, 0) is 16.0 Å². The number of nitrogen functional groups attached to an aromatic ring is 1. The zero-order valence-electron chi connectivity index (χ0n) is 18.6. The Morgan fingerprint density at radius 2 is 2.00 bits per heavy atom. The normalized spacial score (nSPS) is 20.8. The molecule has 8 nitrogen and oxygen atoms in total. The van der Waals surface area contributed by atoms with Crippen molar-refractivity contribution in [2.75, 3.05) is 39.1 Å². The van der Waals surface area contributed by atoms with E-state index in [1.807, 2.05) is 37.8 Å². The first kappa shape index (κ1) is 21.2. The Morgan fingerprint density at radius 3 is 2.71 bits per heavy atom. The molecule has 0 spiro atoms.